The number of carbonyl (C=O) groups excluding carboxylic acids is 1. The van der Waals surface area contributed by atoms with E-state index >= 15 is 0 Å². The van der Waals surface area contributed by atoms with Crippen LogP contribution < -0.4 is 5.32 Å². The number of carbonyl (C=O) groups is 1. The minimum atomic E-state index is -0.434. The van der Waals surface area contributed by atoms with E-state index in [-0.39, 0.29) is 11.9 Å². The monoisotopic (exact) mass is 367 g/mol. The first-order chi connectivity index (χ1) is 10.1. The van der Waals surface area contributed by atoms with E-state index in [4.69, 9.17) is 20.4 Å². The van der Waals surface area contributed by atoms with Crippen LogP contribution in [0.2, 0.25) is 5.02 Å². The van der Waals surface area contributed by atoms with E-state index in [9.17, 15) is 4.79 Å². The number of anilines is 1. The molecular weight excluding hydrogens is 362 g/mol. The number of furan rings is 1. The molecule has 1 amide bonds. The first-order valence-corrected chi connectivity index (χ1v) is 6.95. The first kappa shape index (κ1) is 13.8. The Morgan fingerprint density at radius 3 is 2.67 bits per heavy atom. The number of nitrogens with zero attached hydrogens (tertiary/aromatic N) is 2. The van der Waals surface area contributed by atoms with Gasteiger partial charge in [0.25, 0.3) is 11.8 Å². The predicted molar refractivity (Wildman–Crippen MR) is 79.1 cm³/mol. The van der Waals surface area contributed by atoms with Gasteiger partial charge in [0.2, 0.25) is 0 Å². The fraction of sp³-hybridized carbons (Fsp3) is 0. The molecule has 0 radical (unpaired) electrons. The second kappa shape index (κ2) is 5.71. The highest BCUT2D eigenvalue weighted by molar-refractivity contribution is 9.10. The van der Waals surface area contributed by atoms with Gasteiger partial charge in [-0.3, -0.25) is 10.1 Å². The molecule has 106 valence electrons. The van der Waals surface area contributed by atoms with Gasteiger partial charge in [-0.05, 0) is 40.2 Å². The minimum absolute atomic E-state index is 0.0394. The van der Waals surface area contributed by atoms with Gasteiger partial charge in [-0.25, -0.2) is 0 Å². The summed E-state index contributed by atoms with van der Waals surface area (Å²) in [6.45, 7) is 0. The molecule has 0 spiro atoms. The average molecular weight is 369 g/mol. The highest BCUT2D eigenvalue weighted by atomic mass is 79.9. The second-order valence-corrected chi connectivity index (χ2v) is 5.14. The quantitative estimate of drug-likeness (QED) is 0.756. The van der Waals surface area contributed by atoms with Crippen LogP contribution >= 0.6 is 27.5 Å². The Kier molecular flexibility index (Phi) is 3.76. The molecule has 0 aliphatic carbocycles. The molecule has 3 rings (SSSR count). The standard InChI is InChI=1S/C13H7BrClN3O3/c14-10-6-5-9(20-10)12-17-18-13(21-12)16-11(19)7-3-1-2-4-8(7)15/h1-6H,(H,16,18,19). The van der Waals surface area contributed by atoms with Crippen LogP contribution in [0.1, 0.15) is 10.4 Å². The molecule has 0 aliphatic rings. The summed E-state index contributed by atoms with van der Waals surface area (Å²) in [5.41, 5.74) is 0.319. The number of halogens is 2. The largest absolute Gasteiger partial charge is 0.444 e. The fourth-order valence-electron chi connectivity index (χ4n) is 1.61. The van der Waals surface area contributed by atoms with Crippen LogP contribution in [0, 0.1) is 0 Å². The third-order valence-corrected chi connectivity index (χ3v) is 3.30. The molecular formula is C13H7BrClN3O3. The summed E-state index contributed by atoms with van der Waals surface area (Å²) in [5.74, 6) is 0.124. The van der Waals surface area contributed by atoms with Gasteiger partial charge in [0.05, 0.1) is 10.6 Å². The Balaban J connectivity index is 1.79. The van der Waals surface area contributed by atoms with Crippen molar-refractivity contribution in [1.29, 1.82) is 0 Å². The zero-order chi connectivity index (χ0) is 14.8. The molecule has 8 heteroatoms. The summed E-state index contributed by atoms with van der Waals surface area (Å²) in [6.07, 6.45) is 0. The molecule has 0 aliphatic heterocycles. The summed E-state index contributed by atoms with van der Waals surface area (Å²) in [5, 5.41) is 10.3. The lowest BCUT2D eigenvalue weighted by Crippen LogP contribution is -2.12. The van der Waals surface area contributed by atoms with Crippen molar-refractivity contribution in [2.45, 2.75) is 0 Å². The van der Waals surface area contributed by atoms with E-state index < -0.39 is 5.91 Å². The molecule has 0 fully saturated rings. The molecule has 0 saturated heterocycles. The molecule has 2 heterocycles. The van der Waals surface area contributed by atoms with Crippen LogP contribution in [0.15, 0.2) is 49.9 Å². The third kappa shape index (κ3) is 2.98. The van der Waals surface area contributed by atoms with Crippen molar-refractivity contribution in [3.63, 3.8) is 0 Å². The van der Waals surface area contributed by atoms with E-state index in [1.807, 2.05) is 0 Å². The summed E-state index contributed by atoms with van der Waals surface area (Å²) < 4.78 is 11.1. The van der Waals surface area contributed by atoms with Crippen molar-refractivity contribution >= 4 is 39.5 Å². The highest BCUT2D eigenvalue weighted by Gasteiger charge is 2.16. The number of hydrogen-bond donors (Lipinski definition) is 1. The molecule has 0 saturated carbocycles. The fourth-order valence-corrected chi connectivity index (χ4v) is 2.14. The SMILES string of the molecule is O=C(Nc1nnc(-c2ccc(Br)o2)o1)c1ccccc1Cl. The van der Waals surface area contributed by atoms with Gasteiger partial charge in [-0.15, -0.1) is 5.10 Å². The van der Waals surface area contributed by atoms with Gasteiger partial charge in [-0.2, -0.15) is 0 Å². The van der Waals surface area contributed by atoms with Crippen molar-refractivity contribution in [3.05, 3.63) is 51.7 Å². The van der Waals surface area contributed by atoms with Crippen molar-refractivity contribution in [2.24, 2.45) is 0 Å². The Morgan fingerprint density at radius 2 is 1.95 bits per heavy atom. The smallest absolute Gasteiger partial charge is 0.322 e. The molecule has 0 bridgehead atoms. The van der Waals surface area contributed by atoms with Crippen molar-refractivity contribution in [1.82, 2.24) is 10.2 Å². The molecule has 1 N–H and O–H groups in total. The van der Waals surface area contributed by atoms with Crippen molar-refractivity contribution in [2.75, 3.05) is 5.32 Å². The number of nitrogens with one attached hydrogen (secondary N) is 1. The molecule has 0 unspecified atom stereocenters. The zero-order valence-corrected chi connectivity index (χ0v) is 12.7. The maximum Gasteiger partial charge on any atom is 0.322 e. The van der Waals surface area contributed by atoms with Gasteiger partial charge in [0, 0.05) is 0 Å². The molecule has 21 heavy (non-hydrogen) atoms. The van der Waals surface area contributed by atoms with E-state index in [0.717, 1.165) is 0 Å². The summed E-state index contributed by atoms with van der Waals surface area (Å²) in [7, 11) is 0. The lowest BCUT2D eigenvalue weighted by Gasteiger charge is -2.01. The van der Waals surface area contributed by atoms with Crippen LogP contribution in [-0.4, -0.2) is 16.1 Å². The number of aromatic nitrogens is 2. The Morgan fingerprint density at radius 1 is 1.14 bits per heavy atom. The van der Waals surface area contributed by atoms with E-state index in [1.165, 1.54) is 0 Å². The number of benzene rings is 1. The third-order valence-electron chi connectivity index (χ3n) is 2.55. The van der Waals surface area contributed by atoms with Crippen LogP contribution in [0.5, 0.6) is 0 Å². The summed E-state index contributed by atoms with van der Waals surface area (Å²) in [4.78, 5) is 12.0. The van der Waals surface area contributed by atoms with Crippen LogP contribution in [0.25, 0.3) is 11.7 Å². The number of amides is 1. The first-order valence-electron chi connectivity index (χ1n) is 5.78. The molecule has 0 atom stereocenters. The highest BCUT2D eigenvalue weighted by Crippen LogP contribution is 2.25. The van der Waals surface area contributed by atoms with Crippen molar-refractivity contribution in [3.8, 4) is 11.7 Å². The van der Waals surface area contributed by atoms with E-state index in [0.29, 0.717) is 21.0 Å². The lowest BCUT2D eigenvalue weighted by atomic mass is 10.2. The molecule has 6 nitrogen and oxygen atoms in total. The van der Waals surface area contributed by atoms with Crippen LogP contribution in [0.4, 0.5) is 6.01 Å². The average Bonchev–Trinajstić information content (AvgIpc) is 3.08. The Hall–Kier alpha value is -2.12. The topological polar surface area (TPSA) is 81.2 Å². The lowest BCUT2D eigenvalue weighted by molar-refractivity contribution is 0.102. The maximum atomic E-state index is 12.0. The number of hydrogen-bond acceptors (Lipinski definition) is 5. The number of rotatable bonds is 3. The van der Waals surface area contributed by atoms with Gasteiger partial charge in [-0.1, -0.05) is 28.8 Å². The van der Waals surface area contributed by atoms with Gasteiger partial charge < -0.3 is 8.83 Å². The van der Waals surface area contributed by atoms with E-state index in [2.05, 4.69) is 31.4 Å². The summed E-state index contributed by atoms with van der Waals surface area (Å²) >= 11 is 9.12. The minimum Gasteiger partial charge on any atom is -0.444 e. The van der Waals surface area contributed by atoms with Gasteiger partial charge in [0.1, 0.15) is 0 Å². The zero-order valence-electron chi connectivity index (χ0n) is 10.3. The van der Waals surface area contributed by atoms with Gasteiger partial charge in [0.15, 0.2) is 10.4 Å². The predicted octanol–water partition coefficient (Wildman–Crippen LogP) is 4.00. The molecule has 2 aromatic heterocycles. The Labute approximate surface area is 132 Å². The molecule has 1 aromatic carbocycles. The summed E-state index contributed by atoms with van der Waals surface area (Å²) in [6, 6.07) is 9.98. The van der Waals surface area contributed by atoms with Crippen LogP contribution in [0.3, 0.4) is 0 Å². The van der Waals surface area contributed by atoms with E-state index in [1.54, 1.807) is 36.4 Å². The second-order valence-electron chi connectivity index (χ2n) is 3.95. The van der Waals surface area contributed by atoms with Crippen LogP contribution in [-0.2, 0) is 0 Å². The maximum absolute atomic E-state index is 12.0. The molecule has 3 aromatic rings. The Bertz CT molecular complexity index is 799. The normalized spacial score (nSPS) is 10.6. The van der Waals surface area contributed by atoms with Crippen molar-refractivity contribution < 1.29 is 13.6 Å². The van der Waals surface area contributed by atoms with Gasteiger partial charge >= 0.3 is 6.01 Å².